The molecule has 11 heavy (non-hydrogen) atoms. The summed E-state index contributed by atoms with van der Waals surface area (Å²) >= 11 is 7.16. The number of rotatable bonds is 2. The van der Waals surface area contributed by atoms with E-state index < -0.39 is 0 Å². The van der Waals surface area contributed by atoms with Gasteiger partial charge in [-0.2, -0.15) is 0 Å². The molecule has 1 heterocycles. The molecule has 1 aromatic heterocycles. The van der Waals surface area contributed by atoms with Crippen LogP contribution in [0.4, 0.5) is 0 Å². The van der Waals surface area contributed by atoms with Crippen LogP contribution in [0.2, 0.25) is 5.02 Å². The van der Waals surface area contributed by atoms with E-state index in [9.17, 15) is 4.79 Å². The third kappa shape index (κ3) is 1.61. The first-order valence-corrected chi connectivity index (χ1v) is 4.39. The van der Waals surface area contributed by atoms with E-state index in [-0.39, 0.29) is 12.3 Å². The van der Waals surface area contributed by atoms with Gasteiger partial charge in [0.1, 0.15) is 0 Å². The number of nitrogens with two attached hydrogens (primary N) is 1. The third-order valence-electron chi connectivity index (χ3n) is 1.34. The molecule has 0 fully saturated rings. The second kappa shape index (κ2) is 3.34. The predicted octanol–water partition coefficient (Wildman–Crippen LogP) is 1.85. The number of hydrogen-bond acceptors (Lipinski definition) is 3. The van der Waals surface area contributed by atoms with Gasteiger partial charge in [-0.05, 0) is 17.9 Å². The largest absolute Gasteiger partial charge is 0.324 e. The van der Waals surface area contributed by atoms with Gasteiger partial charge in [0.2, 0.25) is 0 Å². The number of ketones is 1. The molecule has 0 radical (unpaired) electrons. The molecule has 0 aliphatic rings. The molecule has 0 aliphatic carbocycles. The Kier molecular flexibility index (Phi) is 2.65. The predicted molar refractivity (Wildman–Crippen MR) is 47.5 cm³/mol. The van der Waals surface area contributed by atoms with Crippen LogP contribution in [0.25, 0.3) is 0 Å². The molecule has 1 rings (SSSR count). The third-order valence-corrected chi connectivity index (χ3v) is 3.08. The minimum atomic E-state index is -0.0897. The van der Waals surface area contributed by atoms with Gasteiger partial charge in [0.25, 0.3) is 0 Å². The number of hydrogen-bond donors (Lipinski definition) is 1. The van der Waals surface area contributed by atoms with E-state index in [0.29, 0.717) is 9.90 Å². The second-order valence-corrected chi connectivity index (χ2v) is 3.45. The van der Waals surface area contributed by atoms with Crippen LogP contribution in [0, 0.1) is 6.92 Å². The van der Waals surface area contributed by atoms with Crippen LogP contribution >= 0.6 is 22.9 Å². The summed E-state index contributed by atoms with van der Waals surface area (Å²) in [5.74, 6) is -0.0897. The van der Waals surface area contributed by atoms with E-state index >= 15 is 0 Å². The molecular formula is C7H8ClNOS. The van der Waals surface area contributed by atoms with Gasteiger partial charge in [0.05, 0.1) is 16.4 Å². The topological polar surface area (TPSA) is 43.1 Å². The summed E-state index contributed by atoms with van der Waals surface area (Å²) in [7, 11) is 0. The first-order chi connectivity index (χ1) is 5.16. The Bertz CT molecular complexity index is 282. The van der Waals surface area contributed by atoms with Gasteiger partial charge in [-0.3, -0.25) is 4.79 Å². The fraction of sp³-hybridized carbons (Fsp3) is 0.286. The van der Waals surface area contributed by atoms with Crippen molar-refractivity contribution in [2.75, 3.05) is 6.54 Å². The molecule has 2 N–H and O–H groups in total. The zero-order valence-corrected chi connectivity index (χ0v) is 7.63. The summed E-state index contributed by atoms with van der Waals surface area (Å²) in [5.41, 5.74) is 6.12. The molecule has 4 heteroatoms. The van der Waals surface area contributed by atoms with Crippen molar-refractivity contribution in [3.63, 3.8) is 0 Å². The molecule has 0 spiro atoms. The zero-order valence-electron chi connectivity index (χ0n) is 6.06. The summed E-state index contributed by atoms with van der Waals surface area (Å²) < 4.78 is 0. The maximum atomic E-state index is 11.0. The molecule has 60 valence electrons. The van der Waals surface area contributed by atoms with Crippen molar-refractivity contribution < 1.29 is 4.79 Å². The fourth-order valence-electron chi connectivity index (χ4n) is 0.711. The highest BCUT2D eigenvalue weighted by atomic mass is 35.5. The smallest absolute Gasteiger partial charge is 0.187 e. The van der Waals surface area contributed by atoms with Crippen molar-refractivity contribution >= 4 is 28.7 Å². The lowest BCUT2D eigenvalue weighted by atomic mass is 10.3. The summed E-state index contributed by atoms with van der Waals surface area (Å²) in [6, 6.07) is 0. The normalized spacial score (nSPS) is 10.1. The summed E-state index contributed by atoms with van der Waals surface area (Å²) in [4.78, 5) is 11.6. The quantitative estimate of drug-likeness (QED) is 0.722. The summed E-state index contributed by atoms with van der Waals surface area (Å²) in [6.07, 6.45) is 0. The monoisotopic (exact) mass is 189 g/mol. The number of halogens is 1. The zero-order chi connectivity index (χ0) is 8.43. The average Bonchev–Trinajstić information content (AvgIpc) is 2.32. The first kappa shape index (κ1) is 8.71. The van der Waals surface area contributed by atoms with Gasteiger partial charge in [0.15, 0.2) is 5.78 Å². The maximum Gasteiger partial charge on any atom is 0.187 e. The Hall–Kier alpha value is -0.380. The van der Waals surface area contributed by atoms with Crippen LogP contribution in [0.5, 0.6) is 0 Å². The van der Waals surface area contributed by atoms with Gasteiger partial charge < -0.3 is 5.73 Å². The molecule has 0 aliphatic heterocycles. The van der Waals surface area contributed by atoms with Crippen molar-refractivity contribution in [3.8, 4) is 0 Å². The van der Waals surface area contributed by atoms with Gasteiger partial charge in [-0.25, -0.2) is 0 Å². The van der Waals surface area contributed by atoms with Crippen LogP contribution in [-0.2, 0) is 0 Å². The van der Waals surface area contributed by atoms with Crippen molar-refractivity contribution in [3.05, 3.63) is 20.8 Å². The minimum Gasteiger partial charge on any atom is -0.324 e. The molecule has 0 atom stereocenters. The first-order valence-electron chi connectivity index (χ1n) is 3.13. The molecule has 0 saturated carbocycles. The van der Waals surface area contributed by atoms with Crippen LogP contribution in [-0.4, -0.2) is 12.3 Å². The second-order valence-electron chi connectivity index (χ2n) is 2.19. The lowest BCUT2D eigenvalue weighted by Crippen LogP contribution is -2.12. The van der Waals surface area contributed by atoms with Crippen LogP contribution in [0.3, 0.4) is 0 Å². The molecule has 1 aromatic rings. The molecule has 0 bridgehead atoms. The van der Waals surface area contributed by atoms with Crippen LogP contribution < -0.4 is 5.73 Å². The molecule has 0 saturated heterocycles. The van der Waals surface area contributed by atoms with Gasteiger partial charge >= 0.3 is 0 Å². The Labute approximate surface area is 74.0 Å². The van der Waals surface area contributed by atoms with Crippen LogP contribution in [0.1, 0.15) is 15.2 Å². The molecule has 0 aromatic carbocycles. The van der Waals surface area contributed by atoms with E-state index in [1.807, 2.05) is 12.3 Å². The molecular weight excluding hydrogens is 182 g/mol. The number of carbonyl (C=O) groups is 1. The highest BCUT2D eigenvalue weighted by Crippen LogP contribution is 2.26. The molecule has 2 nitrogen and oxygen atoms in total. The highest BCUT2D eigenvalue weighted by Gasteiger charge is 2.12. The Balaban J connectivity index is 3.04. The molecule has 0 amide bonds. The summed E-state index contributed by atoms with van der Waals surface area (Å²) in [6.45, 7) is 1.89. The van der Waals surface area contributed by atoms with E-state index in [1.54, 1.807) is 0 Å². The maximum absolute atomic E-state index is 11.0. The van der Waals surface area contributed by atoms with Gasteiger partial charge in [-0.15, -0.1) is 11.3 Å². The van der Waals surface area contributed by atoms with Crippen molar-refractivity contribution in [2.24, 2.45) is 5.73 Å². The average molecular weight is 190 g/mol. The summed E-state index contributed by atoms with van der Waals surface area (Å²) in [5, 5.41) is 2.40. The van der Waals surface area contributed by atoms with E-state index in [0.717, 1.165) is 5.56 Å². The fourth-order valence-corrected chi connectivity index (χ4v) is 1.96. The van der Waals surface area contributed by atoms with Gasteiger partial charge in [0, 0.05) is 0 Å². The van der Waals surface area contributed by atoms with Crippen molar-refractivity contribution in [1.82, 2.24) is 0 Å². The molecule has 0 unspecified atom stereocenters. The van der Waals surface area contributed by atoms with E-state index in [2.05, 4.69) is 0 Å². The van der Waals surface area contributed by atoms with E-state index in [1.165, 1.54) is 11.3 Å². The number of thiophene rings is 1. The van der Waals surface area contributed by atoms with Crippen LogP contribution in [0.15, 0.2) is 5.38 Å². The number of aryl methyl sites for hydroxylation is 1. The van der Waals surface area contributed by atoms with Gasteiger partial charge in [-0.1, -0.05) is 11.6 Å². The lowest BCUT2D eigenvalue weighted by molar-refractivity contribution is 0.101. The standard InChI is InChI=1S/C7H8ClNOS/c1-4-3-11-7(6(4)8)5(10)2-9/h3H,2,9H2,1H3. The highest BCUT2D eigenvalue weighted by molar-refractivity contribution is 7.13. The Morgan fingerprint density at radius 3 is 2.82 bits per heavy atom. The Morgan fingerprint density at radius 2 is 2.45 bits per heavy atom. The van der Waals surface area contributed by atoms with E-state index in [4.69, 9.17) is 17.3 Å². The number of Topliss-reactive ketones (excluding diaryl/α,β-unsaturated/α-hetero) is 1. The van der Waals surface area contributed by atoms with Crippen molar-refractivity contribution in [1.29, 1.82) is 0 Å². The number of carbonyl (C=O) groups excluding carboxylic acids is 1. The van der Waals surface area contributed by atoms with Crippen molar-refractivity contribution in [2.45, 2.75) is 6.92 Å². The Morgan fingerprint density at radius 1 is 1.82 bits per heavy atom. The SMILES string of the molecule is Cc1csc(C(=O)CN)c1Cl. The lowest BCUT2D eigenvalue weighted by Gasteiger charge is -1.92. The minimum absolute atomic E-state index is 0.0275.